The quantitative estimate of drug-likeness (QED) is 0.733. The first kappa shape index (κ1) is 15.0. The first-order chi connectivity index (χ1) is 10.0. The summed E-state index contributed by atoms with van der Waals surface area (Å²) in [7, 11) is 1.53. The maximum absolute atomic E-state index is 12.0. The summed E-state index contributed by atoms with van der Waals surface area (Å²) in [6, 6.07) is 3.75. The van der Waals surface area contributed by atoms with Gasteiger partial charge in [0.2, 0.25) is 0 Å². The van der Waals surface area contributed by atoms with Crippen LogP contribution in [0, 0.1) is 0 Å². The maximum atomic E-state index is 12.0. The molecule has 0 spiro atoms. The van der Waals surface area contributed by atoms with Gasteiger partial charge in [-0.3, -0.25) is 14.6 Å². The molecule has 2 rings (SSSR count). The molecule has 0 aliphatic carbocycles. The zero-order chi connectivity index (χ0) is 15.4. The monoisotopic (exact) mass is 304 g/mol. The van der Waals surface area contributed by atoms with E-state index in [1.807, 2.05) is 12.1 Å². The van der Waals surface area contributed by atoms with Gasteiger partial charge in [0.1, 0.15) is 5.00 Å². The van der Waals surface area contributed by atoms with Crippen LogP contribution in [0.3, 0.4) is 0 Å². The molecule has 2 aromatic heterocycles. The average molecular weight is 304 g/mol. The summed E-state index contributed by atoms with van der Waals surface area (Å²) in [5, 5.41) is 6.27. The molecule has 1 amide bonds. The molecule has 21 heavy (non-hydrogen) atoms. The number of nitrogens with one attached hydrogen (secondary N) is 2. The third-order valence-corrected chi connectivity index (χ3v) is 4.16. The van der Waals surface area contributed by atoms with E-state index in [1.165, 1.54) is 25.3 Å². The van der Waals surface area contributed by atoms with E-state index in [-0.39, 0.29) is 17.4 Å². The normalized spacial score (nSPS) is 10.2. The number of nitrogens with two attached hydrogens (primary N) is 1. The molecule has 0 aliphatic rings. The van der Waals surface area contributed by atoms with Gasteiger partial charge in [0, 0.05) is 32.9 Å². The summed E-state index contributed by atoms with van der Waals surface area (Å²) in [4.78, 5) is 28.0. The van der Waals surface area contributed by atoms with Crippen molar-refractivity contribution in [3.63, 3.8) is 0 Å². The van der Waals surface area contributed by atoms with Gasteiger partial charge in [0.05, 0.1) is 16.1 Å². The van der Waals surface area contributed by atoms with Gasteiger partial charge in [0.25, 0.3) is 5.91 Å². The van der Waals surface area contributed by atoms with E-state index in [9.17, 15) is 9.59 Å². The van der Waals surface area contributed by atoms with Gasteiger partial charge in [-0.15, -0.1) is 11.3 Å². The van der Waals surface area contributed by atoms with E-state index in [0.717, 1.165) is 5.56 Å². The molecule has 7 heteroatoms. The van der Waals surface area contributed by atoms with Crippen molar-refractivity contribution in [2.75, 3.05) is 18.1 Å². The lowest BCUT2D eigenvalue weighted by Gasteiger charge is -2.07. The predicted molar refractivity (Wildman–Crippen MR) is 83.7 cm³/mol. The van der Waals surface area contributed by atoms with Crippen LogP contribution in [0.2, 0.25) is 0 Å². The lowest BCUT2D eigenvalue weighted by atomic mass is 10.2. The van der Waals surface area contributed by atoms with E-state index in [0.29, 0.717) is 22.0 Å². The highest BCUT2D eigenvalue weighted by Gasteiger charge is 2.23. The smallest absolute Gasteiger partial charge is 0.256 e. The topological polar surface area (TPSA) is 97.1 Å². The molecule has 110 valence electrons. The van der Waals surface area contributed by atoms with Gasteiger partial charge >= 0.3 is 0 Å². The van der Waals surface area contributed by atoms with E-state index in [1.54, 1.807) is 12.4 Å². The van der Waals surface area contributed by atoms with Crippen molar-refractivity contribution in [3.8, 4) is 0 Å². The van der Waals surface area contributed by atoms with Crippen LogP contribution in [-0.2, 0) is 6.54 Å². The lowest BCUT2D eigenvalue weighted by molar-refractivity contribution is 0.0965. The van der Waals surface area contributed by atoms with Crippen molar-refractivity contribution in [1.29, 1.82) is 0 Å². The van der Waals surface area contributed by atoms with Gasteiger partial charge in [0.15, 0.2) is 5.78 Å². The maximum Gasteiger partial charge on any atom is 0.256 e. The minimum atomic E-state index is -0.315. The summed E-state index contributed by atoms with van der Waals surface area (Å²) in [5.41, 5.74) is 7.44. The average Bonchev–Trinajstić information content (AvgIpc) is 2.82. The van der Waals surface area contributed by atoms with Crippen molar-refractivity contribution in [3.05, 3.63) is 40.5 Å². The summed E-state index contributed by atoms with van der Waals surface area (Å²) in [6.07, 6.45) is 3.42. The molecular formula is C14H16N4O2S. The Kier molecular flexibility index (Phi) is 4.54. The van der Waals surface area contributed by atoms with Crippen molar-refractivity contribution < 1.29 is 9.59 Å². The van der Waals surface area contributed by atoms with Crippen molar-refractivity contribution in [1.82, 2.24) is 10.3 Å². The molecule has 2 aromatic rings. The number of pyridine rings is 1. The van der Waals surface area contributed by atoms with Gasteiger partial charge in [-0.1, -0.05) is 6.07 Å². The zero-order valence-corrected chi connectivity index (χ0v) is 12.6. The number of nitrogens with zero attached hydrogens (tertiary/aromatic N) is 1. The Morgan fingerprint density at radius 3 is 2.76 bits per heavy atom. The number of carbonyl (C=O) groups is 2. The van der Waals surface area contributed by atoms with Crippen molar-refractivity contribution in [2.24, 2.45) is 0 Å². The first-order valence-corrected chi connectivity index (χ1v) is 7.14. The number of anilines is 2. The predicted octanol–water partition coefficient (Wildman–Crippen LogP) is 1.90. The number of carbonyl (C=O) groups excluding carboxylic acids is 2. The number of aromatic nitrogens is 1. The lowest BCUT2D eigenvalue weighted by Crippen LogP contribution is -2.20. The van der Waals surface area contributed by atoms with Gasteiger partial charge in [-0.05, 0) is 11.6 Å². The number of hydrogen-bond acceptors (Lipinski definition) is 6. The van der Waals surface area contributed by atoms with Gasteiger partial charge < -0.3 is 16.4 Å². The van der Waals surface area contributed by atoms with E-state index < -0.39 is 0 Å². The van der Waals surface area contributed by atoms with E-state index in [4.69, 9.17) is 5.73 Å². The molecule has 0 unspecified atom stereocenters. The van der Waals surface area contributed by atoms with Crippen LogP contribution in [0.15, 0.2) is 24.5 Å². The minimum Gasteiger partial charge on any atom is -0.397 e. The Morgan fingerprint density at radius 2 is 2.19 bits per heavy atom. The third kappa shape index (κ3) is 3.19. The number of nitrogen functional groups attached to an aromatic ring is 1. The second kappa shape index (κ2) is 6.36. The van der Waals surface area contributed by atoms with Crippen molar-refractivity contribution in [2.45, 2.75) is 13.5 Å². The standard InChI is InChI=1S/C14H16N4O2S/c1-8(19)12-11(15)10(13(20)16-2)14(21-12)18-7-9-4-3-5-17-6-9/h3-6,18H,7,15H2,1-2H3,(H,16,20). The van der Waals surface area contributed by atoms with Crippen LogP contribution in [0.5, 0.6) is 0 Å². The van der Waals surface area contributed by atoms with Crippen molar-refractivity contribution >= 4 is 33.7 Å². The molecule has 2 heterocycles. The molecule has 0 bridgehead atoms. The SMILES string of the molecule is CNC(=O)c1c(NCc2cccnc2)sc(C(C)=O)c1N. The Bertz CT molecular complexity index is 667. The number of rotatable bonds is 5. The zero-order valence-electron chi connectivity index (χ0n) is 11.8. The fraction of sp³-hybridized carbons (Fsp3) is 0.214. The number of hydrogen-bond donors (Lipinski definition) is 3. The third-order valence-electron chi connectivity index (χ3n) is 2.89. The fourth-order valence-corrected chi connectivity index (χ4v) is 2.87. The molecule has 0 fully saturated rings. The van der Waals surface area contributed by atoms with Crippen LogP contribution in [0.4, 0.5) is 10.7 Å². The summed E-state index contributed by atoms with van der Waals surface area (Å²) in [5.74, 6) is -0.470. The largest absolute Gasteiger partial charge is 0.397 e. The van der Waals surface area contributed by atoms with Crippen LogP contribution >= 0.6 is 11.3 Å². The molecule has 0 radical (unpaired) electrons. The van der Waals surface area contributed by atoms with E-state index in [2.05, 4.69) is 15.6 Å². The number of amides is 1. The summed E-state index contributed by atoms with van der Waals surface area (Å²) in [6.45, 7) is 1.93. The first-order valence-electron chi connectivity index (χ1n) is 6.32. The minimum absolute atomic E-state index is 0.155. The van der Waals surface area contributed by atoms with Gasteiger partial charge in [-0.25, -0.2) is 0 Å². The highest BCUT2D eigenvalue weighted by Crippen LogP contribution is 2.36. The van der Waals surface area contributed by atoms with Gasteiger partial charge in [-0.2, -0.15) is 0 Å². The summed E-state index contributed by atoms with van der Waals surface area (Å²) >= 11 is 1.19. The molecular weight excluding hydrogens is 288 g/mol. The molecule has 0 saturated carbocycles. The Labute approximate surface area is 126 Å². The summed E-state index contributed by atoms with van der Waals surface area (Å²) < 4.78 is 0. The molecule has 0 atom stereocenters. The number of thiophene rings is 1. The Hall–Kier alpha value is -2.41. The Balaban J connectivity index is 2.31. The van der Waals surface area contributed by atoms with Crippen LogP contribution in [-0.4, -0.2) is 23.7 Å². The molecule has 6 nitrogen and oxygen atoms in total. The second-order valence-corrected chi connectivity index (χ2v) is 5.42. The van der Waals surface area contributed by atoms with Crippen LogP contribution in [0.1, 0.15) is 32.5 Å². The number of Topliss-reactive ketones (excluding diaryl/α,β-unsaturated/α-hetero) is 1. The number of ketones is 1. The highest BCUT2D eigenvalue weighted by atomic mass is 32.1. The molecule has 4 N–H and O–H groups in total. The van der Waals surface area contributed by atoms with Crippen LogP contribution in [0.25, 0.3) is 0 Å². The highest BCUT2D eigenvalue weighted by molar-refractivity contribution is 7.19. The van der Waals surface area contributed by atoms with Crippen LogP contribution < -0.4 is 16.4 Å². The molecule has 0 aromatic carbocycles. The van der Waals surface area contributed by atoms with E-state index >= 15 is 0 Å². The molecule has 0 aliphatic heterocycles. The fourth-order valence-electron chi connectivity index (χ4n) is 1.87. The second-order valence-electron chi connectivity index (χ2n) is 4.40. The molecule has 0 saturated heterocycles. The Morgan fingerprint density at radius 1 is 1.43 bits per heavy atom.